The highest BCUT2D eigenvalue weighted by Gasteiger charge is 2.44. The number of hydrogen-bond acceptors (Lipinski definition) is 6. The van der Waals surface area contributed by atoms with E-state index in [0.29, 0.717) is 11.8 Å². The lowest BCUT2D eigenvalue weighted by Crippen LogP contribution is -2.51. The number of ether oxygens (including phenoxy) is 4. The molecule has 0 amide bonds. The first-order chi connectivity index (χ1) is 13.5. The predicted molar refractivity (Wildman–Crippen MR) is 103 cm³/mol. The molecule has 0 radical (unpaired) electrons. The van der Waals surface area contributed by atoms with Crippen molar-refractivity contribution in [1.29, 1.82) is 5.26 Å². The lowest BCUT2D eigenvalue weighted by molar-refractivity contribution is -0.261. The Labute approximate surface area is 168 Å². The quantitative estimate of drug-likeness (QED) is 0.614. The van der Waals surface area contributed by atoms with Gasteiger partial charge in [-0.1, -0.05) is 26.7 Å². The normalized spacial score (nSPS) is 39.0. The fraction of sp³-hybridized carbons (Fsp3) is 0.909. The number of nitriles is 1. The zero-order valence-corrected chi connectivity index (χ0v) is 17.4. The van der Waals surface area contributed by atoms with Crippen molar-refractivity contribution in [2.75, 3.05) is 13.2 Å². The summed E-state index contributed by atoms with van der Waals surface area (Å²) in [6.07, 6.45) is 9.77. The van der Waals surface area contributed by atoms with Crippen LogP contribution in [0.2, 0.25) is 0 Å². The molecule has 2 saturated carbocycles. The number of hydrogen-bond donors (Lipinski definition) is 0. The maximum absolute atomic E-state index is 12.2. The van der Waals surface area contributed by atoms with Gasteiger partial charge in [0.1, 0.15) is 25.4 Å². The van der Waals surface area contributed by atoms with Gasteiger partial charge in [-0.05, 0) is 63.2 Å². The van der Waals surface area contributed by atoms with Crippen LogP contribution in [0.15, 0.2) is 0 Å². The summed E-state index contributed by atoms with van der Waals surface area (Å²) < 4.78 is 22.5. The summed E-state index contributed by atoms with van der Waals surface area (Å²) in [6, 6.07) is 2.07. The van der Waals surface area contributed by atoms with E-state index in [1.165, 1.54) is 25.7 Å². The average Bonchev–Trinajstić information content (AvgIpc) is 2.71. The van der Waals surface area contributed by atoms with Crippen LogP contribution < -0.4 is 0 Å². The van der Waals surface area contributed by atoms with Crippen molar-refractivity contribution in [3.63, 3.8) is 0 Å². The number of nitrogens with zero attached hydrogens (tertiary/aromatic N) is 1. The molecule has 0 aromatic carbocycles. The van der Waals surface area contributed by atoms with Gasteiger partial charge in [0, 0.05) is 5.92 Å². The van der Waals surface area contributed by atoms with E-state index >= 15 is 0 Å². The topological polar surface area (TPSA) is 77.8 Å². The molecule has 1 heterocycles. The van der Waals surface area contributed by atoms with Crippen molar-refractivity contribution in [1.82, 2.24) is 0 Å². The van der Waals surface area contributed by atoms with Crippen molar-refractivity contribution in [3.05, 3.63) is 0 Å². The van der Waals surface area contributed by atoms with Crippen LogP contribution in [-0.4, -0.2) is 37.4 Å². The summed E-state index contributed by atoms with van der Waals surface area (Å²) in [6.45, 7) is 4.53. The third kappa shape index (κ3) is 5.61. The Kier molecular flexibility index (Phi) is 7.59. The van der Waals surface area contributed by atoms with Gasteiger partial charge in [-0.25, -0.2) is 4.79 Å². The van der Waals surface area contributed by atoms with Gasteiger partial charge in [-0.3, -0.25) is 0 Å². The standard InChI is InChI=1S/C22H35NO5/c1-3-4-17-7-9-18(10-8-17)20-25-14-22(13-23,15-26-20)28-21(24)27-19-11-5-16(2)6-12-19/h16-20H,3-12,14-15H2,1-2H3/t16?,17?,18?,19?,20-,22-. The van der Waals surface area contributed by atoms with E-state index < -0.39 is 11.8 Å². The van der Waals surface area contributed by atoms with Crippen LogP contribution in [-0.2, 0) is 18.9 Å². The Morgan fingerprint density at radius 3 is 2.29 bits per heavy atom. The van der Waals surface area contributed by atoms with Gasteiger partial charge in [0.15, 0.2) is 6.29 Å². The van der Waals surface area contributed by atoms with Crippen molar-refractivity contribution in [2.24, 2.45) is 17.8 Å². The Morgan fingerprint density at radius 1 is 1.07 bits per heavy atom. The third-order valence-electron chi connectivity index (χ3n) is 6.64. The fourth-order valence-electron chi connectivity index (χ4n) is 4.77. The maximum Gasteiger partial charge on any atom is 0.510 e. The molecule has 6 heteroatoms. The first-order valence-corrected chi connectivity index (χ1v) is 11.1. The van der Waals surface area contributed by atoms with E-state index in [-0.39, 0.29) is 25.6 Å². The van der Waals surface area contributed by atoms with Crippen LogP contribution in [0.1, 0.15) is 78.1 Å². The molecule has 28 heavy (non-hydrogen) atoms. The Bertz CT molecular complexity index is 536. The van der Waals surface area contributed by atoms with Crippen LogP contribution in [0.4, 0.5) is 4.79 Å². The van der Waals surface area contributed by atoms with E-state index in [1.54, 1.807) is 0 Å². The Hall–Kier alpha value is -1.32. The molecule has 0 N–H and O–H groups in total. The van der Waals surface area contributed by atoms with Crippen LogP contribution >= 0.6 is 0 Å². The van der Waals surface area contributed by atoms with E-state index in [0.717, 1.165) is 44.4 Å². The lowest BCUT2D eigenvalue weighted by Gasteiger charge is -2.39. The molecular formula is C22H35NO5. The predicted octanol–water partition coefficient (Wildman–Crippen LogP) is 4.96. The highest BCUT2D eigenvalue weighted by atomic mass is 16.8. The maximum atomic E-state index is 12.2. The van der Waals surface area contributed by atoms with Crippen LogP contribution in [0.25, 0.3) is 0 Å². The van der Waals surface area contributed by atoms with Crippen molar-refractivity contribution >= 4 is 6.16 Å². The van der Waals surface area contributed by atoms with Crippen LogP contribution in [0.5, 0.6) is 0 Å². The van der Waals surface area contributed by atoms with E-state index in [1.807, 2.05) is 0 Å². The summed E-state index contributed by atoms with van der Waals surface area (Å²) >= 11 is 0. The molecule has 3 fully saturated rings. The summed E-state index contributed by atoms with van der Waals surface area (Å²) in [5, 5.41) is 9.58. The zero-order chi connectivity index (χ0) is 20.0. The molecule has 1 aliphatic heterocycles. The van der Waals surface area contributed by atoms with E-state index in [2.05, 4.69) is 19.9 Å². The highest BCUT2D eigenvalue weighted by Crippen LogP contribution is 2.36. The van der Waals surface area contributed by atoms with Gasteiger partial charge in [-0.15, -0.1) is 0 Å². The number of carbonyl (C=O) groups is 1. The summed E-state index contributed by atoms with van der Waals surface area (Å²) in [5.74, 6) is 1.86. The van der Waals surface area contributed by atoms with Gasteiger partial charge < -0.3 is 18.9 Å². The second-order valence-corrected chi connectivity index (χ2v) is 9.02. The highest BCUT2D eigenvalue weighted by molar-refractivity contribution is 5.61. The molecule has 0 aromatic rings. The van der Waals surface area contributed by atoms with Gasteiger partial charge in [0.05, 0.1) is 0 Å². The summed E-state index contributed by atoms with van der Waals surface area (Å²) in [5.41, 5.74) is -1.41. The minimum atomic E-state index is -1.41. The largest absolute Gasteiger partial charge is 0.510 e. The SMILES string of the molecule is CCCC1CCC([C@H]2OC[C@](C#N)(OC(=O)OC3CCC(C)CC3)CO2)CC1. The third-order valence-corrected chi connectivity index (χ3v) is 6.64. The molecule has 3 aliphatic rings. The summed E-state index contributed by atoms with van der Waals surface area (Å²) in [4.78, 5) is 12.2. The Morgan fingerprint density at radius 2 is 1.71 bits per heavy atom. The second-order valence-electron chi connectivity index (χ2n) is 9.02. The Balaban J connectivity index is 1.43. The number of rotatable bonds is 5. The minimum absolute atomic E-state index is 0.0415. The molecule has 0 bridgehead atoms. The van der Waals surface area contributed by atoms with Gasteiger partial charge >= 0.3 is 6.16 Å². The smallest absolute Gasteiger partial charge is 0.431 e. The van der Waals surface area contributed by atoms with Crippen LogP contribution in [0.3, 0.4) is 0 Å². The summed E-state index contributed by atoms with van der Waals surface area (Å²) in [7, 11) is 0. The van der Waals surface area contributed by atoms with Crippen molar-refractivity contribution in [2.45, 2.75) is 96.1 Å². The van der Waals surface area contributed by atoms with Gasteiger partial charge in [0.25, 0.3) is 0 Å². The van der Waals surface area contributed by atoms with Crippen LogP contribution in [0, 0.1) is 29.1 Å². The minimum Gasteiger partial charge on any atom is -0.431 e. The molecule has 0 atom stereocenters. The molecule has 1 saturated heterocycles. The van der Waals surface area contributed by atoms with E-state index in [4.69, 9.17) is 18.9 Å². The molecule has 3 rings (SSSR count). The number of carbonyl (C=O) groups excluding carboxylic acids is 1. The molecule has 6 nitrogen and oxygen atoms in total. The first-order valence-electron chi connectivity index (χ1n) is 11.1. The average molecular weight is 394 g/mol. The lowest BCUT2D eigenvalue weighted by atomic mass is 9.79. The molecule has 158 valence electrons. The molecular weight excluding hydrogens is 358 g/mol. The monoisotopic (exact) mass is 393 g/mol. The molecule has 0 unspecified atom stereocenters. The van der Waals surface area contributed by atoms with Gasteiger partial charge in [0.2, 0.25) is 5.60 Å². The van der Waals surface area contributed by atoms with Crippen molar-refractivity contribution in [3.8, 4) is 6.07 Å². The van der Waals surface area contributed by atoms with Gasteiger partial charge in [-0.2, -0.15) is 5.26 Å². The molecule has 0 spiro atoms. The molecule has 0 aromatic heterocycles. The molecule has 2 aliphatic carbocycles. The first kappa shape index (κ1) is 21.4. The fourth-order valence-corrected chi connectivity index (χ4v) is 4.77. The second kappa shape index (κ2) is 9.93. The van der Waals surface area contributed by atoms with Crippen molar-refractivity contribution < 1.29 is 23.7 Å². The zero-order valence-electron chi connectivity index (χ0n) is 17.4. The van der Waals surface area contributed by atoms with E-state index in [9.17, 15) is 10.1 Å².